The summed E-state index contributed by atoms with van der Waals surface area (Å²) in [6.07, 6.45) is 3.77. The molecule has 0 N–H and O–H groups in total. The highest BCUT2D eigenvalue weighted by molar-refractivity contribution is 7.98. The average molecular weight is 597 g/mol. The van der Waals surface area contributed by atoms with Gasteiger partial charge >= 0.3 is 6.18 Å². The second-order valence-corrected chi connectivity index (χ2v) is 10.9. The number of ether oxygens (including phenoxy) is 2. The summed E-state index contributed by atoms with van der Waals surface area (Å²) in [5, 5.41) is 0. The summed E-state index contributed by atoms with van der Waals surface area (Å²) in [4.78, 5) is 26.8. The van der Waals surface area contributed by atoms with Crippen LogP contribution in [0.4, 0.5) is 13.2 Å². The highest BCUT2D eigenvalue weighted by atomic mass is 32.2. The Morgan fingerprint density at radius 2 is 1.81 bits per heavy atom. The lowest BCUT2D eigenvalue weighted by atomic mass is 10.1. The van der Waals surface area contributed by atoms with E-state index >= 15 is 0 Å². The second kappa shape index (κ2) is 11.2. The summed E-state index contributed by atoms with van der Waals surface area (Å²) >= 11 is 1.72. The normalized spacial score (nSPS) is 13.6. The van der Waals surface area contributed by atoms with Crippen LogP contribution in [0, 0.1) is 0 Å². The number of methoxy groups -OCH3 is 1. The number of fused-ring (bicyclic) bond motifs is 1. The van der Waals surface area contributed by atoms with Gasteiger partial charge in [0.25, 0.3) is 0 Å². The first-order valence-corrected chi connectivity index (χ1v) is 14.6. The highest BCUT2D eigenvalue weighted by Crippen LogP contribution is 2.45. The van der Waals surface area contributed by atoms with Crippen LogP contribution in [0.15, 0.2) is 43.1 Å². The molecule has 1 aliphatic rings. The van der Waals surface area contributed by atoms with Crippen LogP contribution in [-0.2, 0) is 26.4 Å². The molecule has 0 radical (unpaired) electrons. The SMILES string of the molecule is COc1ncnc(C2CC2)c1-c1nc(OCc2ccc(-c3nc(C(F)(F)F)cn3C)cc2)c2ncn(CCSC)c2n1. The summed E-state index contributed by atoms with van der Waals surface area (Å²) in [5.74, 6) is 2.48. The maximum Gasteiger partial charge on any atom is 0.434 e. The number of halogens is 3. The van der Waals surface area contributed by atoms with Crippen LogP contribution in [0.5, 0.6) is 11.8 Å². The molecule has 0 saturated heterocycles. The van der Waals surface area contributed by atoms with Crippen LogP contribution in [0.3, 0.4) is 0 Å². The number of thioether (sulfide) groups is 1. The van der Waals surface area contributed by atoms with E-state index in [4.69, 9.17) is 19.4 Å². The van der Waals surface area contributed by atoms with Gasteiger partial charge in [0.05, 0.1) is 19.1 Å². The first-order valence-electron chi connectivity index (χ1n) is 13.2. The van der Waals surface area contributed by atoms with Crippen LogP contribution >= 0.6 is 11.8 Å². The first kappa shape index (κ1) is 27.9. The Morgan fingerprint density at radius 3 is 2.48 bits per heavy atom. The van der Waals surface area contributed by atoms with E-state index in [9.17, 15) is 13.2 Å². The van der Waals surface area contributed by atoms with Crippen molar-refractivity contribution in [2.24, 2.45) is 7.05 Å². The Hall–Kier alpha value is -4.20. The summed E-state index contributed by atoms with van der Waals surface area (Å²) < 4.78 is 54.5. The zero-order chi connectivity index (χ0) is 29.4. The van der Waals surface area contributed by atoms with Crippen molar-refractivity contribution in [3.63, 3.8) is 0 Å². The van der Waals surface area contributed by atoms with E-state index in [1.165, 1.54) is 17.9 Å². The zero-order valence-electron chi connectivity index (χ0n) is 23.1. The Bertz CT molecular complexity index is 1730. The van der Waals surface area contributed by atoms with Crippen LogP contribution < -0.4 is 9.47 Å². The minimum absolute atomic E-state index is 0.149. The lowest BCUT2D eigenvalue weighted by Gasteiger charge is -2.13. The third kappa shape index (κ3) is 5.50. The van der Waals surface area contributed by atoms with Gasteiger partial charge in [0.1, 0.15) is 24.3 Å². The Morgan fingerprint density at radius 1 is 1.02 bits per heavy atom. The molecule has 0 unspecified atom stereocenters. The molecule has 1 aromatic carbocycles. The number of benzene rings is 1. The van der Waals surface area contributed by atoms with Crippen molar-refractivity contribution in [3.8, 4) is 34.5 Å². The van der Waals surface area contributed by atoms with Crippen LogP contribution in [0.1, 0.15) is 35.7 Å². The Labute approximate surface area is 243 Å². The molecule has 0 amide bonds. The Balaban J connectivity index is 1.33. The van der Waals surface area contributed by atoms with Crippen molar-refractivity contribution in [1.82, 2.24) is 39.0 Å². The van der Waals surface area contributed by atoms with Crippen molar-refractivity contribution < 1.29 is 22.6 Å². The molecule has 0 bridgehead atoms. The van der Waals surface area contributed by atoms with Crippen LogP contribution in [0.2, 0.25) is 0 Å². The molecule has 1 fully saturated rings. The monoisotopic (exact) mass is 596 g/mol. The number of hydrogen-bond donors (Lipinski definition) is 0. The van der Waals surface area contributed by atoms with Crippen molar-refractivity contribution in [2.75, 3.05) is 19.1 Å². The van der Waals surface area contributed by atoms with Gasteiger partial charge in [0.15, 0.2) is 22.7 Å². The van der Waals surface area contributed by atoms with Gasteiger partial charge in [0.2, 0.25) is 11.8 Å². The fourth-order valence-corrected chi connectivity index (χ4v) is 5.05. The molecule has 4 heterocycles. The van der Waals surface area contributed by atoms with Gasteiger partial charge in [-0.25, -0.2) is 24.9 Å². The van der Waals surface area contributed by atoms with Gasteiger partial charge in [-0.15, -0.1) is 0 Å². The molecule has 14 heteroatoms. The fraction of sp³-hybridized carbons (Fsp3) is 0.357. The molecule has 42 heavy (non-hydrogen) atoms. The van der Waals surface area contributed by atoms with E-state index in [0.29, 0.717) is 52.3 Å². The van der Waals surface area contributed by atoms with Gasteiger partial charge in [0, 0.05) is 37.0 Å². The van der Waals surface area contributed by atoms with Crippen molar-refractivity contribution in [3.05, 3.63) is 60.1 Å². The van der Waals surface area contributed by atoms with Crippen molar-refractivity contribution >= 4 is 22.9 Å². The second-order valence-electron chi connectivity index (χ2n) is 9.92. The predicted octanol–water partition coefficient (Wildman–Crippen LogP) is 5.53. The molecule has 10 nitrogen and oxygen atoms in total. The number of aryl methyl sites for hydroxylation is 2. The largest absolute Gasteiger partial charge is 0.480 e. The quantitative estimate of drug-likeness (QED) is 0.206. The van der Waals surface area contributed by atoms with E-state index < -0.39 is 11.9 Å². The van der Waals surface area contributed by atoms with E-state index in [0.717, 1.165) is 36.0 Å². The smallest absolute Gasteiger partial charge is 0.434 e. The lowest BCUT2D eigenvalue weighted by Crippen LogP contribution is -2.07. The van der Waals surface area contributed by atoms with Crippen molar-refractivity contribution in [1.29, 1.82) is 0 Å². The standard InChI is InChI=1S/C28H27F3N8O2S/c1-38-12-19(28(29,30)31)35-24(38)18-6-4-16(5-7-18)13-41-27-22-25(39(15-34-22)10-11-42-3)36-23(37-27)20-21(17-8-9-17)32-14-33-26(20)40-2/h4-7,12,14-15,17H,8-11,13H2,1-3H3. The van der Waals surface area contributed by atoms with Gasteiger partial charge in [-0.05, 0) is 24.7 Å². The molecule has 0 spiro atoms. The van der Waals surface area contributed by atoms with Crippen LogP contribution in [0.25, 0.3) is 33.9 Å². The highest BCUT2D eigenvalue weighted by Gasteiger charge is 2.35. The zero-order valence-corrected chi connectivity index (χ0v) is 23.9. The molecular weight excluding hydrogens is 569 g/mol. The summed E-state index contributed by atoms with van der Waals surface area (Å²) in [6.45, 7) is 0.853. The van der Waals surface area contributed by atoms with E-state index in [2.05, 4.69) is 19.9 Å². The Kier molecular flexibility index (Phi) is 7.47. The molecule has 1 aliphatic carbocycles. The average Bonchev–Trinajstić information content (AvgIpc) is 3.63. The van der Waals surface area contributed by atoms with Gasteiger partial charge in [-0.1, -0.05) is 24.3 Å². The van der Waals surface area contributed by atoms with E-state index in [1.54, 1.807) is 49.5 Å². The lowest BCUT2D eigenvalue weighted by molar-refractivity contribution is -0.140. The third-order valence-corrected chi connectivity index (χ3v) is 7.54. The summed E-state index contributed by atoms with van der Waals surface area (Å²) in [5.41, 5.74) is 3.05. The maximum atomic E-state index is 13.1. The summed E-state index contributed by atoms with van der Waals surface area (Å²) in [7, 11) is 3.09. The molecule has 5 aromatic rings. The minimum atomic E-state index is -4.51. The predicted molar refractivity (Wildman–Crippen MR) is 151 cm³/mol. The fourth-order valence-electron chi connectivity index (χ4n) is 4.67. The van der Waals surface area contributed by atoms with Gasteiger partial charge < -0.3 is 18.6 Å². The van der Waals surface area contributed by atoms with E-state index in [1.807, 2.05) is 10.8 Å². The third-order valence-electron chi connectivity index (χ3n) is 6.95. The molecule has 6 rings (SSSR count). The number of aromatic nitrogens is 8. The number of hydrogen-bond acceptors (Lipinski definition) is 9. The van der Waals surface area contributed by atoms with Crippen molar-refractivity contribution in [2.45, 2.75) is 38.1 Å². The van der Waals surface area contributed by atoms with E-state index in [-0.39, 0.29) is 12.4 Å². The molecule has 218 valence electrons. The number of alkyl halides is 3. The number of nitrogens with zero attached hydrogens (tertiary/aromatic N) is 8. The molecular formula is C28H27F3N8O2S. The maximum absolute atomic E-state index is 13.1. The molecule has 0 atom stereocenters. The summed E-state index contributed by atoms with van der Waals surface area (Å²) in [6, 6.07) is 7.00. The van der Waals surface area contributed by atoms with Gasteiger partial charge in [-0.3, -0.25) is 0 Å². The molecule has 0 aliphatic heterocycles. The molecule has 1 saturated carbocycles. The number of rotatable bonds is 10. The number of imidazole rings is 2. The first-order chi connectivity index (χ1) is 20.3. The topological polar surface area (TPSA) is 106 Å². The molecule has 4 aromatic heterocycles. The van der Waals surface area contributed by atoms with Gasteiger partial charge in [-0.2, -0.15) is 29.9 Å². The minimum Gasteiger partial charge on any atom is -0.480 e. The van der Waals surface area contributed by atoms with Crippen LogP contribution in [-0.4, -0.2) is 58.2 Å².